The molecule has 1 aromatic carbocycles. The summed E-state index contributed by atoms with van der Waals surface area (Å²) in [4.78, 5) is 11.9. The molecule has 6 heteroatoms. The lowest BCUT2D eigenvalue weighted by atomic mass is 10.1. The van der Waals surface area contributed by atoms with E-state index < -0.39 is 0 Å². The van der Waals surface area contributed by atoms with Crippen molar-refractivity contribution < 1.29 is 14.3 Å². The van der Waals surface area contributed by atoms with Crippen molar-refractivity contribution in [2.24, 2.45) is 11.7 Å². The summed E-state index contributed by atoms with van der Waals surface area (Å²) in [5.74, 6) is 1.47. The van der Waals surface area contributed by atoms with Gasteiger partial charge in [0.1, 0.15) is 16.5 Å². The van der Waals surface area contributed by atoms with E-state index in [0.29, 0.717) is 29.5 Å². The lowest BCUT2D eigenvalue weighted by Crippen LogP contribution is -2.30. The predicted molar refractivity (Wildman–Crippen MR) is 86.8 cm³/mol. The molecule has 0 unspecified atom stereocenters. The van der Waals surface area contributed by atoms with Crippen molar-refractivity contribution >= 4 is 23.1 Å². The maximum Gasteiger partial charge on any atom is 0.257 e. The van der Waals surface area contributed by atoms with Crippen molar-refractivity contribution in [3.63, 3.8) is 0 Å². The average Bonchev–Trinajstić information content (AvgIpc) is 2.44. The fourth-order valence-electron chi connectivity index (χ4n) is 1.62. The zero-order chi connectivity index (χ0) is 15.8. The molecule has 0 bridgehead atoms. The van der Waals surface area contributed by atoms with Gasteiger partial charge in [-0.15, -0.1) is 0 Å². The van der Waals surface area contributed by atoms with Crippen LogP contribution in [0.2, 0.25) is 0 Å². The number of amides is 1. The highest BCUT2D eigenvalue weighted by Gasteiger charge is 2.07. The van der Waals surface area contributed by atoms with Crippen molar-refractivity contribution in [2.45, 2.75) is 20.3 Å². The van der Waals surface area contributed by atoms with Crippen LogP contribution in [0.5, 0.6) is 11.5 Å². The lowest BCUT2D eigenvalue weighted by molar-refractivity contribution is -0.123. The predicted octanol–water partition coefficient (Wildman–Crippen LogP) is 1.87. The van der Waals surface area contributed by atoms with E-state index in [-0.39, 0.29) is 17.5 Å². The summed E-state index contributed by atoms with van der Waals surface area (Å²) >= 11 is 4.93. The summed E-state index contributed by atoms with van der Waals surface area (Å²) in [7, 11) is 1.54. The topological polar surface area (TPSA) is 73.6 Å². The molecule has 1 rings (SSSR count). The SMILES string of the molecule is COc1cc(OCC(=O)NCCC(C)C)cc(C(N)=S)c1. The molecule has 0 fully saturated rings. The van der Waals surface area contributed by atoms with Crippen LogP contribution in [-0.2, 0) is 4.79 Å². The van der Waals surface area contributed by atoms with Gasteiger partial charge in [0.2, 0.25) is 0 Å². The summed E-state index contributed by atoms with van der Waals surface area (Å²) in [6.45, 7) is 4.81. The first kappa shape index (κ1) is 17.2. The molecule has 0 radical (unpaired) electrons. The Bertz CT molecular complexity index is 504. The Labute approximate surface area is 130 Å². The number of carbonyl (C=O) groups excluding carboxylic acids is 1. The molecule has 0 aliphatic heterocycles. The van der Waals surface area contributed by atoms with Crippen molar-refractivity contribution in [1.29, 1.82) is 0 Å². The summed E-state index contributed by atoms with van der Waals surface area (Å²) in [6.07, 6.45) is 0.941. The first-order valence-corrected chi connectivity index (χ1v) is 7.21. The van der Waals surface area contributed by atoms with E-state index in [1.807, 2.05) is 0 Å². The summed E-state index contributed by atoms with van der Waals surface area (Å²) in [5, 5.41) is 2.80. The van der Waals surface area contributed by atoms with E-state index in [4.69, 9.17) is 27.4 Å². The van der Waals surface area contributed by atoms with Gasteiger partial charge >= 0.3 is 0 Å². The van der Waals surface area contributed by atoms with Gasteiger partial charge in [-0.2, -0.15) is 0 Å². The number of nitrogens with two attached hydrogens (primary N) is 1. The lowest BCUT2D eigenvalue weighted by Gasteiger charge is -2.11. The highest BCUT2D eigenvalue weighted by molar-refractivity contribution is 7.80. The van der Waals surface area contributed by atoms with E-state index >= 15 is 0 Å². The first-order valence-electron chi connectivity index (χ1n) is 6.80. The number of methoxy groups -OCH3 is 1. The molecule has 21 heavy (non-hydrogen) atoms. The fourth-order valence-corrected chi connectivity index (χ4v) is 1.73. The molecule has 0 spiro atoms. The van der Waals surface area contributed by atoms with Crippen LogP contribution >= 0.6 is 12.2 Å². The summed E-state index contributed by atoms with van der Waals surface area (Å²) in [5.41, 5.74) is 6.24. The van der Waals surface area contributed by atoms with Crippen LogP contribution in [-0.4, -0.2) is 31.2 Å². The molecule has 5 nitrogen and oxygen atoms in total. The van der Waals surface area contributed by atoms with Crippen molar-refractivity contribution in [3.8, 4) is 11.5 Å². The van der Waals surface area contributed by atoms with Gasteiger partial charge in [0.15, 0.2) is 6.61 Å². The second-order valence-corrected chi connectivity index (χ2v) is 5.52. The van der Waals surface area contributed by atoms with Gasteiger partial charge in [0.25, 0.3) is 5.91 Å². The normalized spacial score (nSPS) is 10.3. The molecule has 0 heterocycles. The molecule has 116 valence electrons. The number of ether oxygens (including phenoxy) is 2. The Kier molecular flexibility index (Phi) is 6.94. The van der Waals surface area contributed by atoms with Crippen LogP contribution < -0.4 is 20.5 Å². The Morgan fingerprint density at radius 1 is 1.33 bits per heavy atom. The molecular formula is C15H22N2O3S. The highest BCUT2D eigenvalue weighted by atomic mass is 32.1. The van der Waals surface area contributed by atoms with E-state index in [2.05, 4.69) is 19.2 Å². The summed E-state index contributed by atoms with van der Waals surface area (Å²) in [6, 6.07) is 5.09. The van der Waals surface area contributed by atoms with Crippen molar-refractivity contribution in [1.82, 2.24) is 5.32 Å². The molecule has 0 saturated carbocycles. The number of nitrogens with one attached hydrogen (secondary N) is 1. The fraction of sp³-hybridized carbons (Fsp3) is 0.467. The number of hydrogen-bond acceptors (Lipinski definition) is 4. The molecule has 1 aromatic rings. The molecule has 3 N–H and O–H groups in total. The zero-order valence-corrected chi connectivity index (χ0v) is 13.5. The number of thiocarbonyl (C=S) groups is 1. The van der Waals surface area contributed by atoms with Gasteiger partial charge in [-0.05, 0) is 24.5 Å². The minimum atomic E-state index is -0.157. The van der Waals surface area contributed by atoms with E-state index in [1.54, 1.807) is 25.3 Å². The Morgan fingerprint density at radius 2 is 2.00 bits per heavy atom. The maximum atomic E-state index is 11.7. The number of hydrogen-bond donors (Lipinski definition) is 2. The third kappa shape index (κ3) is 6.44. The van der Waals surface area contributed by atoms with Gasteiger partial charge in [-0.1, -0.05) is 26.1 Å². The standard InChI is InChI=1S/C15H22N2O3S/c1-10(2)4-5-17-14(18)9-20-13-7-11(15(16)21)6-12(8-13)19-3/h6-8,10H,4-5,9H2,1-3H3,(H2,16,21)(H,17,18). The Balaban J connectivity index is 2.56. The maximum absolute atomic E-state index is 11.7. The van der Waals surface area contributed by atoms with E-state index in [9.17, 15) is 4.79 Å². The number of benzene rings is 1. The second-order valence-electron chi connectivity index (χ2n) is 5.08. The largest absolute Gasteiger partial charge is 0.497 e. The Morgan fingerprint density at radius 3 is 2.57 bits per heavy atom. The van der Waals surface area contributed by atoms with Crippen LogP contribution in [0.1, 0.15) is 25.8 Å². The molecule has 0 atom stereocenters. The van der Waals surface area contributed by atoms with Gasteiger partial charge < -0.3 is 20.5 Å². The molecular weight excluding hydrogens is 288 g/mol. The highest BCUT2D eigenvalue weighted by Crippen LogP contribution is 2.22. The molecule has 0 aromatic heterocycles. The monoisotopic (exact) mass is 310 g/mol. The van der Waals surface area contributed by atoms with E-state index in [1.165, 1.54) is 0 Å². The van der Waals surface area contributed by atoms with Gasteiger partial charge in [-0.3, -0.25) is 4.79 Å². The third-order valence-electron chi connectivity index (χ3n) is 2.81. The van der Waals surface area contributed by atoms with Gasteiger partial charge in [-0.25, -0.2) is 0 Å². The number of carbonyl (C=O) groups is 1. The molecule has 0 saturated heterocycles. The van der Waals surface area contributed by atoms with Crippen LogP contribution in [0.15, 0.2) is 18.2 Å². The van der Waals surface area contributed by atoms with Crippen molar-refractivity contribution in [3.05, 3.63) is 23.8 Å². The van der Waals surface area contributed by atoms with Crippen molar-refractivity contribution in [2.75, 3.05) is 20.3 Å². The second kappa shape index (κ2) is 8.46. The van der Waals surface area contributed by atoms with Crippen LogP contribution in [0.4, 0.5) is 0 Å². The smallest absolute Gasteiger partial charge is 0.257 e. The molecule has 0 aliphatic carbocycles. The zero-order valence-electron chi connectivity index (χ0n) is 12.6. The van der Waals surface area contributed by atoms with Gasteiger partial charge in [0, 0.05) is 18.2 Å². The minimum Gasteiger partial charge on any atom is -0.497 e. The first-order chi connectivity index (χ1) is 9.92. The average molecular weight is 310 g/mol. The van der Waals surface area contributed by atoms with Crippen LogP contribution in [0, 0.1) is 5.92 Å². The van der Waals surface area contributed by atoms with E-state index in [0.717, 1.165) is 6.42 Å². The summed E-state index contributed by atoms with van der Waals surface area (Å²) < 4.78 is 10.6. The van der Waals surface area contributed by atoms with Gasteiger partial charge in [0.05, 0.1) is 7.11 Å². The molecule has 1 amide bonds. The minimum absolute atomic E-state index is 0.0535. The van der Waals surface area contributed by atoms with Crippen LogP contribution in [0.25, 0.3) is 0 Å². The molecule has 0 aliphatic rings. The quantitative estimate of drug-likeness (QED) is 0.717. The third-order valence-corrected chi connectivity index (χ3v) is 3.05. The van der Waals surface area contributed by atoms with Crippen LogP contribution in [0.3, 0.4) is 0 Å². The Hall–Kier alpha value is -1.82. The number of rotatable bonds is 8.